The molecule has 17 heavy (non-hydrogen) atoms. The highest BCUT2D eigenvalue weighted by Crippen LogP contribution is 2.07. The third-order valence-electron chi connectivity index (χ3n) is 1.89. The van der Waals surface area contributed by atoms with Crippen LogP contribution in [0, 0.1) is 11.3 Å². The molecule has 0 bridgehead atoms. The van der Waals surface area contributed by atoms with Crippen molar-refractivity contribution < 1.29 is 14.7 Å². The fourth-order valence-electron chi connectivity index (χ4n) is 1.16. The first kappa shape index (κ1) is 12.5. The second-order valence-corrected chi connectivity index (χ2v) is 3.28. The number of carbonyl (C=O) groups is 2. The number of nitriles is 1. The molecule has 0 radical (unpaired) electrons. The lowest BCUT2D eigenvalue weighted by Gasteiger charge is -2.02. The van der Waals surface area contributed by atoms with Crippen LogP contribution in [0.3, 0.4) is 0 Å². The van der Waals surface area contributed by atoms with Crippen LogP contribution < -0.4 is 5.32 Å². The average molecular weight is 230 g/mol. The number of hydrogen-bond donors (Lipinski definition) is 2. The molecule has 1 rings (SSSR count). The Balaban J connectivity index is 3.00. The van der Waals surface area contributed by atoms with Crippen LogP contribution in [0.2, 0.25) is 0 Å². The first-order valence-corrected chi connectivity index (χ1v) is 4.75. The van der Waals surface area contributed by atoms with Crippen LogP contribution in [-0.4, -0.2) is 17.0 Å². The van der Waals surface area contributed by atoms with E-state index in [0.29, 0.717) is 11.1 Å². The minimum absolute atomic E-state index is 0.206. The molecule has 0 saturated carbocycles. The molecular formula is C12H10N2O3. The average Bonchev–Trinajstić information content (AvgIpc) is 2.28. The summed E-state index contributed by atoms with van der Waals surface area (Å²) >= 11 is 0. The summed E-state index contributed by atoms with van der Waals surface area (Å²) in [4.78, 5) is 21.6. The van der Waals surface area contributed by atoms with Crippen molar-refractivity contribution in [3.05, 3.63) is 41.1 Å². The van der Waals surface area contributed by atoms with Crippen molar-refractivity contribution in [1.29, 1.82) is 5.26 Å². The van der Waals surface area contributed by atoms with Gasteiger partial charge in [-0.2, -0.15) is 5.26 Å². The number of amides is 1. The van der Waals surface area contributed by atoms with Crippen LogP contribution in [0.5, 0.6) is 0 Å². The molecule has 0 aliphatic carbocycles. The maximum absolute atomic E-state index is 10.8. The SMILES string of the molecule is CC(=O)N/C(=C\c1ccc(C#N)cc1)C(=O)O. The molecular weight excluding hydrogens is 220 g/mol. The lowest BCUT2D eigenvalue weighted by Crippen LogP contribution is -2.24. The Labute approximate surface area is 98.0 Å². The van der Waals surface area contributed by atoms with Gasteiger partial charge in [-0.25, -0.2) is 4.79 Å². The Morgan fingerprint density at radius 3 is 2.35 bits per heavy atom. The maximum atomic E-state index is 10.8. The summed E-state index contributed by atoms with van der Waals surface area (Å²) in [5.74, 6) is -1.67. The number of nitrogens with zero attached hydrogens (tertiary/aromatic N) is 1. The van der Waals surface area contributed by atoms with E-state index in [4.69, 9.17) is 10.4 Å². The lowest BCUT2D eigenvalue weighted by molar-refractivity contribution is -0.134. The van der Waals surface area contributed by atoms with Crippen LogP contribution in [0.25, 0.3) is 6.08 Å². The summed E-state index contributed by atoms with van der Waals surface area (Å²) in [5, 5.41) is 19.7. The molecule has 5 heteroatoms. The number of carboxylic acid groups (broad SMARTS) is 1. The Kier molecular flexibility index (Phi) is 4.01. The van der Waals surface area contributed by atoms with Crippen molar-refractivity contribution in [3.8, 4) is 6.07 Å². The van der Waals surface area contributed by atoms with Crippen molar-refractivity contribution >= 4 is 18.0 Å². The van der Waals surface area contributed by atoms with E-state index in [2.05, 4.69) is 5.32 Å². The molecule has 0 aliphatic rings. The van der Waals surface area contributed by atoms with Crippen LogP contribution in [0.15, 0.2) is 30.0 Å². The highest BCUT2D eigenvalue weighted by atomic mass is 16.4. The molecule has 0 spiro atoms. The number of benzene rings is 1. The molecule has 1 aromatic rings. The lowest BCUT2D eigenvalue weighted by atomic mass is 10.1. The number of nitrogens with one attached hydrogen (secondary N) is 1. The normalized spacial score (nSPS) is 10.5. The quantitative estimate of drug-likeness (QED) is 0.761. The number of carbonyl (C=O) groups excluding carboxylic acids is 1. The van der Waals surface area contributed by atoms with Gasteiger partial charge in [-0.3, -0.25) is 4.79 Å². The molecule has 1 amide bonds. The maximum Gasteiger partial charge on any atom is 0.352 e. The molecule has 1 aromatic carbocycles. The summed E-state index contributed by atoms with van der Waals surface area (Å²) in [6.45, 7) is 1.23. The van der Waals surface area contributed by atoms with Gasteiger partial charge in [0.1, 0.15) is 5.70 Å². The Hall–Kier alpha value is -2.61. The van der Waals surface area contributed by atoms with Gasteiger partial charge in [-0.15, -0.1) is 0 Å². The van der Waals surface area contributed by atoms with Crippen molar-refractivity contribution in [2.24, 2.45) is 0 Å². The number of hydrogen-bond acceptors (Lipinski definition) is 3. The predicted molar refractivity (Wildman–Crippen MR) is 60.6 cm³/mol. The molecule has 0 unspecified atom stereocenters. The van der Waals surface area contributed by atoms with E-state index in [1.165, 1.54) is 13.0 Å². The van der Waals surface area contributed by atoms with Gasteiger partial charge in [0.15, 0.2) is 0 Å². The van der Waals surface area contributed by atoms with Crippen molar-refractivity contribution in [2.45, 2.75) is 6.92 Å². The van der Waals surface area contributed by atoms with E-state index < -0.39 is 11.9 Å². The molecule has 0 fully saturated rings. The van der Waals surface area contributed by atoms with E-state index in [-0.39, 0.29) is 5.70 Å². The van der Waals surface area contributed by atoms with Gasteiger partial charge in [0.05, 0.1) is 11.6 Å². The number of rotatable bonds is 3. The smallest absolute Gasteiger partial charge is 0.352 e. The fourth-order valence-corrected chi connectivity index (χ4v) is 1.16. The zero-order valence-corrected chi connectivity index (χ0v) is 9.10. The van der Waals surface area contributed by atoms with Gasteiger partial charge < -0.3 is 10.4 Å². The van der Waals surface area contributed by atoms with Gasteiger partial charge in [0.2, 0.25) is 5.91 Å². The van der Waals surface area contributed by atoms with E-state index in [1.54, 1.807) is 24.3 Å². The van der Waals surface area contributed by atoms with E-state index in [1.807, 2.05) is 6.07 Å². The van der Waals surface area contributed by atoms with E-state index in [0.717, 1.165) is 0 Å². The second kappa shape index (κ2) is 5.47. The minimum Gasteiger partial charge on any atom is -0.477 e. The van der Waals surface area contributed by atoms with E-state index >= 15 is 0 Å². The Morgan fingerprint density at radius 2 is 1.94 bits per heavy atom. The second-order valence-electron chi connectivity index (χ2n) is 3.28. The third-order valence-corrected chi connectivity index (χ3v) is 1.89. The summed E-state index contributed by atoms with van der Waals surface area (Å²) < 4.78 is 0. The molecule has 0 aromatic heterocycles. The monoisotopic (exact) mass is 230 g/mol. The van der Waals surface area contributed by atoms with Crippen molar-refractivity contribution in [3.63, 3.8) is 0 Å². The predicted octanol–water partition coefficient (Wildman–Crippen LogP) is 1.12. The highest BCUT2D eigenvalue weighted by Gasteiger charge is 2.08. The minimum atomic E-state index is -1.22. The zero-order chi connectivity index (χ0) is 12.8. The van der Waals surface area contributed by atoms with Crippen molar-refractivity contribution in [2.75, 3.05) is 0 Å². The molecule has 0 heterocycles. The topological polar surface area (TPSA) is 90.2 Å². The van der Waals surface area contributed by atoms with Gasteiger partial charge in [0.25, 0.3) is 0 Å². The fraction of sp³-hybridized carbons (Fsp3) is 0.0833. The van der Waals surface area contributed by atoms with Crippen LogP contribution in [0.4, 0.5) is 0 Å². The zero-order valence-electron chi connectivity index (χ0n) is 9.10. The summed E-state index contributed by atoms with van der Waals surface area (Å²) in [6, 6.07) is 8.29. The molecule has 0 saturated heterocycles. The number of carboxylic acids is 1. The summed E-state index contributed by atoms with van der Waals surface area (Å²) in [6.07, 6.45) is 1.32. The summed E-state index contributed by atoms with van der Waals surface area (Å²) in [7, 11) is 0. The standard InChI is InChI=1S/C12H10N2O3/c1-8(15)14-11(12(16)17)6-9-2-4-10(7-13)5-3-9/h2-6H,1H3,(H,14,15)(H,16,17)/b11-6-. The molecule has 5 nitrogen and oxygen atoms in total. The molecule has 2 N–H and O–H groups in total. The van der Waals surface area contributed by atoms with Gasteiger partial charge in [-0.1, -0.05) is 12.1 Å². The molecule has 0 aliphatic heterocycles. The first-order valence-electron chi connectivity index (χ1n) is 4.75. The number of aliphatic carboxylic acids is 1. The first-order chi connectivity index (χ1) is 8.02. The van der Waals surface area contributed by atoms with Crippen LogP contribution in [0.1, 0.15) is 18.1 Å². The van der Waals surface area contributed by atoms with Crippen LogP contribution in [-0.2, 0) is 9.59 Å². The van der Waals surface area contributed by atoms with Gasteiger partial charge >= 0.3 is 5.97 Å². The van der Waals surface area contributed by atoms with Gasteiger partial charge in [-0.05, 0) is 23.8 Å². The van der Waals surface area contributed by atoms with Gasteiger partial charge in [0, 0.05) is 6.92 Å². The summed E-state index contributed by atoms with van der Waals surface area (Å²) in [5.41, 5.74) is 0.871. The van der Waals surface area contributed by atoms with Crippen molar-refractivity contribution in [1.82, 2.24) is 5.32 Å². The Bertz CT molecular complexity index is 510. The highest BCUT2D eigenvalue weighted by molar-refractivity contribution is 5.96. The molecule has 86 valence electrons. The largest absolute Gasteiger partial charge is 0.477 e. The van der Waals surface area contributed by atoms with E-state index in [9.17, 15) is 9.59 Å². The molecule has 0 atom stereocenters. The third kappa shape index (κ3) is 3.80. The Morgan fingerprint density at radius 1 is 1.35 bits per heavy atom. The van der Waals surface area contributed by atoms with Crippen LogP contribution >= 0.6 is 0 Å².